The maximum atomic E-state index is 13.2. The van der Waals surface area contributed by atoms with Crippen molar-refractivity contribution in [1.29, 1.82) is 0 Å². The summed E-state index contributed by atoms with van der Waals surface area (Å²) in [6.07, 6.45) is 1.63. The molecule has 0 unspecified atom stereocenters. The molecular formula is C19H25Cl2N5O3. The Hall–Kier alpha value is -2.23. The van der Waals surface area contributed by atoms with Crippen molar-refractivity contribution in [1.82, 2.24) is 14.8 Å². The van der Waals surface area contributed by atoms with Crippen LogP contribution in [0.5, 0.6) is 0 Å². The number of likely N-dealkylation sites (N-methyl/N-ethyl adjacent to an activating group) is 1. The van der Waals surface area contributed by atoms with Gasteiger partial charge >= 0.3 is 0 Å². The van der Waals surface area contributed by atoms with Crippen LogP contribution >= 0.6 is 24.8 Å². The number of para-hydroxylation sites is 1. The van der Waals surface area contributed by atoms with Gasteiger partial charge in [0.2, 0.25) is 5.91 Å². The van der Waals surface area contributed by atoms with E-state index < -0.39 is 0 Å². The Morgan fingerprint density at radius 2 is 1.76 bits per heavy atom. The maximum absolute atomic E-state index is 13.2. The molecule has 158 valence electrons. The lowest BCUT2D eigenvalue weighted by Crippen LogP contribution is -2.48. The largest absolute Gasteiger partial charge is 0.412 e. The number of hydrogen-bond acceptors (Lipinski definition) is 5. The summed E-state index contributed by atoms with van der Waals surface area (Å²) in [6, 6.07) is 10.7. The van der Waals surface area contributed by atoms with E-state index in [-0.39, 0.29) is 42.1 Å². The summed E-state index contributed by atoms with van der Waals surface area (Å²) in [5.74, 6) is 0.146. The highest BCUT2D eigenvalue weighted by atomic mass is 35.5. The fourth-order valence-corrected chi connectivity index (χ4v) is 3.36. The highest BCUT2D eigenvalue weighted by Gasteiger charge is 2.31. The lowest BCUT2D eigenvalue weighted by Gasteiger charge is -2.33. The van der Waals surface area contributed by atoms with Crippen LogP contribution in [0.25, 0.3) is 0 Å². The van der Waals surface area contributed by atoms with Crippen LogP contribution in [0.3, 0.4) is 0 Å². The first-order valence-corrected chi connectivity index (χ1v) is 8.73. The number of benzene rings is 1. The Bertz CT molecular complexity index is 859. The van der Waals surface area contributed by atoms with Gasteiger partial charge in [-0.1, -0.05) is 12.1 Å². The highest BCUT2D eigenvalue weighted by molar-refractivity contribution is 6.17. The van der Waals surface area contributed by atoms with Crippen LogP contribution in [-0.4, -0.2) is 71.8 Å². The van der Waals surface area contributed by atoms with Gasteiger partial charge in [-0.25, -0.2) is 4.98 Å². The lowest BCUT2D eigenvalue weighted by atomic mass is 10.1. The van der Waals surface area contributed by atoms with E-state index in [2.05, 4.69) is 27.1 Å². The van der Waals surface area contributed by atoms with Crippen LogP contribution in [0.2, 0.25) is 0 Å². The molecule has 3 heterocycles. The molecule has 2 aliphatic heterocycles. The predicted molar refractivity (Wildman–Crippen MR) is 118 cm³/mol. The number of nitrogens with zero attached hydrogens (tertiary/aromatic N) is 4. The second kappa shape index (κ2) is 10.5. The van der Waals surface area contributed by atoms with Crippen molar-refractivity contribution in [3.8, 4) is 0 Å². The molecule has 1 aromatic carbocycles. The van der Waals surface area contributed by atoms with Gasteiger partial charge in [0, 0.05) is 32.4 Å². The van der Waals surface area contributed by atoms with E-state index in [1.807, 2.05) is 6.07 Å². The van der Waals surface area contributed by atoms with Crippen molar-refractivity contribution < 1.29 is 15.1 Å². The molecule has 2 amide bonds. The summed E-state index contributed by atoms with van der Waals surface area (Å²) in [6.45, 7) is 3.89. The number of fused-ring (bicyclic) bond motifs is 2. The van der Waals surface area contributed by atoms with Gasteiger partial charge in [-0.3, -0.25) is 19.4 Å². The number of amides is 2. The molecule has 1 fully saturated rings. The third-order valence-electron chi connectivity index (χ3n) is 4.84. The number of carbonyl (C=O) groups excluding carboxylic acids is 2. The SMILES string of the molecule is CN1CCN(CC(=O)N2c3ccccc3C(=O)Nc3cccnc32)CC1.Cl.Cl.O. The Labute approximate surface area is 182 Å². The molecule has 3 N–H and O–H groups in total. The first-order valence-electron chi connectivity index (χ1n) is 8.73. The average molecular weight is 442 g/mol. The van der Waals surface area contributed by atoms with Crippen LogP contribution in [0.15, 0.2) is 42.6 Å². The van der Waals surface area contributed by atoms with Gasteiger partial charge < -0.3 is 15.7 Å². The number of rotatable bonds is 2. The minimum atomic E-state index is -0.232. The minimum absolute atomic E-state index is 0. The lowest BCUT2D eigenvalue weighted by molar-refractivity contribution is -0.119. The summed E-state index contributed by atoms with van der Waals surface area (Å²) in [4.78, 5) is 36.1. The molecule has 1 saturated heterocycles. The number of nitrogens with one attached hydrogen (secondary N) is 1. The second-order valence-corrected chi connectivity index (χ2v) is 6.65. The van der Waals surface area contributed by atoms with E-state index in [4.69, 9.17) is 0 Å². The number of anilines is 3. The summed E-state index contributed by atoms with van der Waals surface area (Å²) in [5.41, 5.74) is 1.58. The minimum Gasteiger partial charge on any atom is -0.412 e. The molecule has 0 bridgehead atoms. The van der Waals surface area contributed by atoms with Crippen LogP contribution in [0, 0.1) is 0 Å². The van der Waals surface area contributed by atoms with Crippen LogP contribution in [-0.2, 0) is 4.79 Å². The molecule has 10 heteroatoms. The van der Waals surface area contributed by atoms with Crippen molar-refractivity contribution in [2.45, 2.75) is 0 Å². The van der Waals surface area contributed by atoms with Crippen LogP contribution in [0.1, 0.15) is 10.4 Å². The first-order chi connectivity index (χ1) is 12.6. The number of aromatic nitrogens is 1. The molecule has 2 aromatic rings. The van der Waals surface area contributed by atoms with Crippen molar-refractivity contribution in [2.75, 3.05) is 50.0 Å². The molecule has 0 saturated carbocycles. The Kier molecular flexibility index (Phi) is 9.00. The molecule has 0 radical (unpaired) electrons. The van der Waals surface area contributed by atoms with E-state index in [1.54, 1.807) is 41.4 Å². The summed E-state index contributed by atoms with van der Waals surface area (Å²) in [7, 11) is 2.08. The van der Waals surface area contributed by atoms with Crippen molar-refractivity contribution in [3.63, 3.8) is 0 Å². The fourth-order valence-electron chi connectivity index (χ4n) is 3.36. The normalized spacial score (nSPS) is 16.0. The zero-order chi connectivity index (χ0) is 18.1. The van der Waals surface area contributed by atoms with Gasteiger partial charge in [0.1, 0.15) is 0 Å². The average Bonchev–Trinajstić information content (AvgIpc) is 2.77. The number of hydrogen-bond donors (Lipinski definition) is 1. The molecule has 0 spiro atoms. The molecule has 4 rings (SSSR count). The molecule has 2 aliphatic rings. The standard InChI is InChI=1S/C19H21N5O2.2ClH.H2O/c1-22-9-11-23(12-10-22)13-17(25)24-16-7-3-2-5-14(16)19(26)21-15-6-4-8-20-18(15)24;;;/h2-8H,9-13H2,1H3,(H,21,26);2*1H;1H2. The monoisotopic (exact) mass is 441 g/mol. The highest BCUT2D eigenvalue weighted by Crippen LogP contribution is 2.36. The Morgan fingerprint density at radius 3 is 2.48 bits per heavy atom. The zero-order valence-electron chi connectivity index (χ0n) is 16.0. The molecule has 29 heavy (non-hydrogen) atoms. The molecule has 0 atom stereocenters. The third-order valence-corrected chi connectivity index (χ3v) is 4.84. The Morgan fingerprint density at radius 1 is 1.07 bits per heavy atom. The first kappa shape index (κ1) is 24.8. The number of piperazine rings is 1. The Balaban J connectivity index is 0.00000140. The molecule has 8 nitrogen and oxygen atoms in total. The summed E-state index contributed by atoms with van der Waals surface area (Å²) < 4.78 is 0. The smallest absolute Gasteiger partial charge is 0.257 e. The van der Waals surface area contributed by atoms with Gasteiger partial charge in [0.25, 0.3) is 5.91 Å². The number of halogens is 2. The number of carbonyl (C=O) groups is 2. The summed E-state index contributed by atoms with van der Waals surface area (Å²) in [5, 5.41) is 2.86. The van der Waals surface area contributed by atoms with Crippen molar-refractivity contribution >= 4 is 53.8 Å². The van der Waals surface area contributed by atoms with Crippen LogP contribution in [0.4, 0.5) is 17.2 Å². The fraction of sp³-hybridized carbons (Fsp3) is 0.316. The quantitative estimate of drug-likeness (QED) is 0.761. The molecular weight excluding hydrogens is 417 g/mol. The predicted octanol–water partition coefficient (Wildman–Crippen LogP) is 1.58. The van der Waals surface area contributed by atoms with Gasteiger partial charge in [-0.15, -0.1) is 24.8 Å². The number of pyridine rings is 1. The van der Waals surface area contributed by atoms with Gasteiger partial charge in [0.15, 0.2) is 5.82 Å². The van der Waals surface area contributed by atoms with Crippen LogP contribution < -0.4 is 10.2 Å². The van der Waals surface area contributed by atoms with Crippen molar-refractivity contribution in [3.05, 3.63) is 48.2 Å². The van der Waals surface area contributed by atoms with Gasteiger partial charge in [-0.2, -0.15) is 0 Å². The van der Waals surface area contributed by atoms with Crippen molar-refractivity contribution in [2.24, 2.45) is 0 Å². The topological polar surface area (TPSA) is 100 Å². The maximum Gasteiger partial charge on any atom is 0.257 e. The molecule has 0 aliphatic carbocycles. The third kappa shape index (κ3) is 5.04. The van der Waals surface area contributed by atoms with E-state index in [0.717, 1.165) is 26.2 Å². The summed E-state index contributed by atoms with van der Waals surface area (Å²) >= 11 is 0. The van der Waals surface area contributed by atoms with E-state index in [1.165, 1.54) is 0 Å². The van der Waals surface area contributed by atoms with E-state index >= 15 is 0 Å². The second-order valence-electron chi connectivity index (χ2n) is 6.65. The molecule has 1 aromatic heterocycles. The van der Waals surface area contributed by atoms with E-state index in [9.17, 15) is 9.59 Å². The van der Waals surface area contributed by atoms with Gasteiger partial charge in [0.05, 0.1) is 23.5 Å². The van der Waals surface area contributed by atoms with Gasteiger partial charge in [-0.05, 0) is 31.3 Å². The van der Waals surface area contributed by atoms with E-state index in [0.29, 0.717) is 29.3 Å². The zero-order valence-corrected chi connectivity index (χ0v) is 17.6.